The lowest BCUT2D eigenvalue weighted by Gasteiger charge is -2.07. The Morgan fingerprint density at radius 2 is 2.05 bits per heavy atom. The van der Waals surface area contributed by atoms with Gasteiger partial charge in [0.15, 0.2) is 0 Å². The van der Waals surface area contributed by atoms with E-state index < -0.39 is 0 Å². The average Bonchev–Trinajstić information content (AvgIpc) is 2.82. The van der Waals surface area contributed by atoms with Crippen molar-refractivity contribution >= 4 is 5.65 Å². The molecule has 0 aliphatic rings. The number of hydrogen-bond donors (Lipinski definition) is 0. The van der Waals surface area contributed by atoms with Crippen molar-refractivity contribution in [2.24, 2.45) is 0 Å². The molecule has 3 heteroatoms. The Balaban J connectivity index is 2.13. The molecule has 3 rings (SSSR count). The minimum atomic E-state index is 0.656. The Morgan fingerprint density at radius 3 is 2.89 bits per heavy atom. The van der Waals surface area contributed by atoms with Gasteiger partial charge in [-0.2, -0.15) is 0 Å². The van der Waals surface area contributed by atoms with Crippen LogP contribution in [0, 0.1) is 6.92 Å². The fourth-order valence-electron chi connectivity index (χ4n) is 2.17. The second-order valence-electron chi connectivity index (χ2n) is 4.52. The Hall–Kier alpha value is -2.29. The zero-order chi connectivity index (χ0) is 13.2. The van der Waals surface area contributed by atoms with E-state index >= 15 is 0 Å². The van der Waals surface area contributed by atoms with Gasteiger partial charge in [0.2, 0.25) is 0 Å². The maximum absolute atomic E-state index is 5.66. The van der Waals surface area contributed by atoms with Gasteiger partial charge in [0, 0.05) is 18.0 Å². The molecular formula is C16H16N2O. The van der Waals surface area contributed by atoms with Crippen LogP contribution < -0.4 is 4.74 Å². The van der Waals surface area contributed by atoms with E-state index in [-0.39, 0.29) is 0 Å². The molecule has 0 spiro atoms. The number of imidazole rings is 1. The van der Waals surface area contributed by atoms with E-state index in [1.165, 1.54) is 5.56 Å². The number of nitrogens with zero attached hydrogens (tertiary/aromatic N) is 2. The summed E-state index contributed by atoms with van der Waals surface area (Å²) in [5.74, 6) is 0.880. The zero-order valence-electron chi connectivity index (χ0n) is 11.1. The normalized spacial score (nSPS) is 10.8. The molecule has 0 N–H and O–H groups in total. The Morgan fingerprint density at radius 1 is 1.21 bits per heavy atom. The summed E-state index contributed by atoms with van der Waals surface area (Å²) in [5.41, 5.74) is 4.14. The van der Waals surface area contributed by atoms with E-state index in [1.807, 2.05) is 48.0 Å². The SMILES string of the molecule is CCOc1ccccc1-c1cn2ccc(C)cc2n1. The van der Waals surface area contributed by atoms with Gasteiger partial charge in [-0.1, -0.05) is 12.1 Å². The topological polar surface area (TPSA) is 26.5 Å². The van der Waals surface area contributed by atoms with Crippen LogP contribution in [0.4, 0.5) is 0 Å². The van der Waals surface area contributed by atoms with E-state index in [1.54, 1.807) is 0 Å². The minimum absolute atomic E-state index is 0.656. The predicted molar refractivity (Wildman–Crippen MR) is 76.5 cm³/mol. The molecule has 0 unspecified atom stereocenters. The second-order valence-corrected chi connectivity index (χ2v) is 4.52. The predicted octanol–water partition coefficient (Wildman–Crippen LogP) is 3.71. The smallest absolute Gasteiger partial charge is 0.137 e. The highest BCUT2D eigenvalue weighted by molar-refractivity contribution is 5.69. The molecule has 0 saturated carbocycles. The third kappa shape index (κ3) is 2.19. The maximum Gasteiger partial charge on any atom is 0.137 e. The Kier molecular flexibility index (Phi) is 2.95. The quantitative estimate of drug-likeness (QED) is 0.710. The van der Waals surface area contributed by atoms with Crippen LogP contribution in [-0.2, 0) is 0 Å². The third-order valence-electron chi connectivity index (χ3n) is 3.08. The van der Waals surface area contributed by atoms with E-state index in [0.29, 0.717) is 6.61 Å². The van der Waals surface area contributed by atoms with Crippen molar-refractivity contribution in [2.45, 2.75) is 13.8 Å². The average molecular weight is 252 g/mol. The number of aromatic nitrogens is 2. The lowest BCUT2D eigenvalue weighted by atomic mass is 10.1. The molecule has 0 radical (unpaired) electrons. The first kappa shape index (κ1) is 11.8. The number of pyridine rings is 1. The van der Waals surface area contributed by atoms with Crippen LogP contribution in [0.25, 0.3) is 16.9 Å². The molecule has 96 valence electrons. The summed E-state index contributed by atoms with van der Waals surface area (Å²) >= 11 is 0. The van der Waals surface area contributed by atoms with Crippen molar-refractivity contribution < 1.29 is 4.74 Å². The van der Waals surface area contributed by atoms with E-state index in [2.05, 4.69) is 24.0 Å². The first-order valence-electron chi connectivity index (χ1n) is 6.45. The molecule has 3 nitrogen and oxygen atoms in total. The largest absolute Gasteiger partial charge is 0.493 e. The molecule has 0 amide bonds. The lowest BCUT2D eigenvalue weighted by molar-refractivity contribution is 0.341. The molecule has 0 aliphatic carbocycles. The molecule has 19 heavy (non-hydrogen) atoms. The second kappa shape index (κ2) is 4.76. The molecule has 2 heterocycles. The van der Waals surface area contributed by atoms with Gasteiger partial charge in [-0.3, -0.25) is 0 Å². The van der Waals surface area contributed by atoms with Crippen molar-refractivity contribution in [3.63, 3.8) is 0 Å². The van der Waals surface area contributed by atoms with Crippen LogP contribution >= 0.6 is 0 Å². The minimum Gasteiger partial charge on any atom is -0.493 e. The number of ether oxygens (including phenoxy) is 1. The maximum atomic E-state index is 5.66. The fourth-order valence-corrected chi connectivity index (χ4v) is 2.17. The first-order chi connectivity index (χ1) is 9.28. The highest BCUT2D eigenvalue weighted by atomic mass is 16.5. The fraction of sp³-hybridized carbons (Fsp3) is 0.188. The zero-order valence-corrected chi connectivity index (χ0v) is 11.1. The molecule has 0 fully saturated rings. The van der Waals surface area contributed by atoms with Gasteiger partial charge in [-0.15, -0.1) is 0 Å². The van der Waals surface area contributed by atoms with Gasteiger partial charge in [0.25, 0.3) is 0 Å². The number of fused-ring (bicyclic) bond motifs is 1. The van der Waals surface area contributed by atoms with Crippen LogP contribution in [-0.4, -0.2) is 16.0 Å². The van der Waals surface area contributed by atoms with E-state index in [4.69, 9.17) is 4.74 Å². The molecule has 0 aliphatic heterocycles. The van der Waals surface area contributed by atoms with Crippen LogP contribution in [0.15, 0.2) is 48.8 Å². The highest BCUT2D eigenvalue weighted by Crippen LogP contribution is 2.29. The number of rotatable bonds is 3. The lowest BCUT2D eigenvalue weighted by Crippen LogP contribution is -1.93. The number of para-hydroxylation sites is 1. The molecule has 0 bridgehead atoms. The van der Waals surface area contributed by atoms with Crippen molar-refractivity contribution in [1.29, 1.82) is 0 Å². The molecular weight excluding hydrogens is 236 g/mol. The number of hydrogen-bond acceptors (Lipinski definition) is 2. The monoisotopic (exact) mass is 252 g/mol. The summed E-state index contributed by atoms with van der Waals surface area (Å²) < 4.78 is 7.69. The van der Waals surface area contributed by atoms with Crippen molar-refractivity contribution in [3.05, 3.63) is 54.4 Å². The van der Waals surface area contributed by atoms with Crippen LogP contribution in [0.5, 0.6) is 5.75 Å². The molecule has 0 atom stereocenters. The molecule has 2 aromatic heterocycles. The Labute approximate surface area is 112 Å². The van der Waals surface area contributed by atoms with Crippen LogP contribution in [0.3, 0.4) is 0 Å². The van der Waals surface area contributed by atoms with Gasteiger partial charge in [-0.25, -0.2) is 4.98 Å². The summed E-state index contributed by atoms with van der Waals surface area (Å²) in [7, 11) is 0. The molecule has 0 saturated heterocycles. The summed E-state index contributed by atoms with van der Waals surface area (Å²) in [5, 5.41) is 0. The summed E-state index contributed by atoms with van der Waals surface area (Å²) in [6.45, 7) is 4.72. The molecule has 3 aromatic rings. The van der Waals surface area contributed by atoms with E-state index in [0.717, 1.165) is 22.7 Å². The number of aryl methyl sites for hydroxylation is 1. The van der Waals surface area contributed by atoms with Gasteiger partial charge < -0.3 is 9.14 Å². The van der Waals surface area contributed by atoms with Crippen LogP contribution in [0.1, 0.15) is 12.5 Å². The van der Waals surface area contributed by atoms with Crippen molar-refractivity contribution in [1.82, 2.24) is 9.38 Å². The first-order valence-corrected chi connectivity index (χ1v) is 6.45. The van der Waals surface area contributed by atoms with Crippen molar-refractivity contribution in [3.8, 4) is 17.0 Å². The third-order valence-corrected chi connectivity index (χ3v) is 3.08. The summed E-state index contributed by atoms with van der Waals surface area (Å²) in [4.78, 5) is 4.67. The number of benzene rings is 1. The molecule has 1 aromatic carbocycles. The van der Waals surface area contributed by atoms with Gasteiger partial charge in [-0.05, 0) is 43.7 Å². The standard InChI is InChI=1S/C16H16N2O/c1-3-19-15-7-5-4-6-13(15)14-11-18-9-8-12(2)10-16(18)17-14/h4-11H,3H2,1-2H3. The van der Waals surface area contributed by atoms with Crippen molar-refractivity contribution in [2.75, 3.05) is 6.61 Å². The van der Waals surface area contributed by atoms with E-state index in [9.17, 15) is 0 Å². The summed E-state index contributed by atoms with van der Waals surface area (Å²) in [6.07, 6.45) is 4.07. The highest BCUT2D eigenvalue weighted by Gasteiger charge is 2.09. The van der Waals surface area contributed by atoms with Gasteiger partial charge >= 0.3 is 0 Å². The Bertz CT molecular complexity index is 716. The van der Waals surface area contributed by atoms with Gasteiger partial charge in [0.1, 0.15) is 11.4 Å². The summed E-state index contributed by atoms with van der Waals surface area (Å²) in [6, 6.07) is 12.2. The van der Waals surface area contributed by atoms with Gasteiger partial charge in [0.05, 0.1) is 12.3 Å². The van der Waals surface area contributed by atoms with Crippen LogP contribution in [0.2, 0.25) is 0 Å².